The number of anilines is 5. The van der Waals surface area contributed by atoms with E-state index in [2.05, 4.69) is 43.9 Å². The molecule has 48 heavy (non-hydrogen) atoms. The van der Waals surface area contributed by atoms with Crippen LogP contribution in [-0.2, 0) is 0 Å². The van der Waals surface area contributed by atoms with Gasteiger partial charge in [-0.2, -0.15) is 0 Å². The fourth-order valence-corrected chi connectivity index (χ4v) is 7.81. The average molecular weight is 800 g/mol. The number of aromatic nitrogens is 5. The summed E-state index contributed by atoms with van der Waals surface area (Å²) in [5.74, 6) is 1.61. The summed E-state index contributed by atoms with van der Waals surface area (Å²) in [6, 6.07) is 15.4. The Kier molecular flexibility index (Phi) is 10.1. The maximum absolute atomic E-state index is 12.9. The topological polar surface area (TPSA) is 170 Å². The number of hydrogen-bond donors (Lipinski definition) is 4. The quantitative estimate of drug-likeness (QED) is 0.0741. The Hall–Kier alpha value is -4.65. The van der Waals surface area contributed by atoms with Crippen LogP contribution in [0.2, 0.25) is 5.02 Å². The number of hydrogen-bond acceptors (Lipinski definition) is 11. The number of amides is 2. The molecule has 6 rings (SSSR count). The molecule has 0 spiro atoms. The van der Waals surface area contributed by atoms with Crippen molar-refractivity contribution < 1.29 is 31.1 Å². The predicted molar refractivity (Wildman–Crippen MR) is 182 cm³/mol. The summed E-state index contributed by atoms with van der Waals surface area (Å²) in [6.07, 6.45) is 2.91. The summed E-state index contributed by atoms with van der Waals surface area (Å²) in [5, 5.41) is 9.98. The van der Waals surface area contributed by atoms with E-state index < -0.39 is 32.7 Å². The van der Waals surface area contributed by atoms with E-state index in [-0.39, 0.29) is 9.82 Å². The van der Waals surface area contributed by atoms with Crippen molar-refractivity contribution in [1.29, 1.82) is 0 Å². The zero-order valence-corrected chi connectivity index (χ0v) is 29.4. The van der Waals surface area contributed by atoms with Crippen molar-refractivity contribution in [1.82, 2.24) is 27.6 Å². The molecule has 3 aromatic heterocycles. The monoisotopic (exact) mass is 799 g/mol. The number of para-hydroxylation sites is 1. The molecule has 4 heterocycles. The van der Waals surface area contributed by atoms with E-state index in [1.165, 1.54) is 34.4 Å². The van der Waals surface area contributed by atoms with E-state index in [0.717, 1.165) is 11.4 Å². The first-order chi connectivity index (χ1) is 23.1. The van der Waals surface area contributed by atoms with Gasteiger partial charge in [0, 0.05) is 0 Å². The van der Waals surface area contributed by atoms with Crippen molar-refractivity contribution in [3.63, 3.8) is 0 Å². The van der Waals surface area contributed by atoms with Gasteiger partial charge in [0.2, 0.25) is 0 Å². The third-order valence-corrected chi connectivity index (χ3v) is 10.8. The van der Waals surface area contributed by atoms with Gasteiger partial charge in [0.25, 0.3) is 0 Å². The minimum atomic E-state index is -0.937. The second-order valence-electron chi connectivity index (χ2n) is 10.6. The number of piperazine rings is 1. The molecule has 0 bridgehead atoms. The Labute approximate surface area is 293 Å². The Bertz CT molecular complexity index is 2070. The number of thiazole rings is 1. The number of H-pyrrole nitrogens is 1. The normalized spacial score (nSPS) is 13.4. The van der Waals surface area contributed by atoms with Crippen LogP contribution in [0.5, 0.6) is 0 Å². The van der Waals surface area contributed by atoms with E-state index in [0.29, 0.717) is 69.9 Å². The second kappa shape index (κ2) is 14.6. The number of rotatable bonds is 9. The number of aryl methyl sites for hydroxylation is 2. The number of halogens is 2. The minimum absolute atomic E-state index is 0.0425. The van der Waals surface area contributed by atoms with Crippen LogP contribution in [0.25, 0.3) is 5.69 Å². The van der Waals surface area contributed by atoms with Crippen LogP contribution in [0.4, 0.5) is 32.9 Å². The predicted octanol–water partition coefficient (Wildman–Crippen LogP) is 1.40. The zero-order chi connectivity index (χ0) is 33.8. The first-order valence-corrected chi connectivity index (χ1v) is 17.9. The number of nitrogens with zero attached hydrogens (tertiary/aromatic N) is 6. The molecule has 0 radical (unpaired) electrons. The number of carbonyl (C=O) groups is 2. The maximum atomic E-state index is 12.9. The first kappa shape index (κ1) is 33.3. The van der Waals surface area contributed by atoms with Crippen LogP contribution in [0.15, 0.2) is 76.6 Å². The summed E-state index contributed by atoms with van der Waals surface area (Å²) in [6.45, 7) is 6.48. The fraction of sp³-hybridized carbons (Fsp3) is 0.194. The molecule has 1 fully saturated rings. The number of benzene rings is 2. The first-order valence-electron chi connectivity index (χ1n) is 14.6. The Balaban J connectivity index is 1.01. The van der Waals surface area contributed by atoms with Crippen molar-refractivity contribution >= 4 is 60.9 Å². The summed E-state index contributed by atoms with van der Waals surface area (Å²) in [5.41, 5.74) is 1.63. The molecule has 4 N–H and O–H groups in total. The van der Waals surface area contributed by atoms with Gasteiger partial charge in [-0.3, -0.25) is 4.79 Å². The van der Waals surface area contributed by atoms with Crippen LogP contribution in [0, 0.1) is 13.8 Å². The van der Waals surface area contributed by atoms with E-state index in [4.69, 9.17) is 11.6 Å². The SMILES string of the molecule is Cc1nc(Nc2ncc(C(=O)Nc3c(C)cccc3Cl)s2)cc(N2CCN([I-]C(=O)Nc3ccc(-n4ccc(=O)[nH]c4=O)cc3)CC2)n1. The van der Waals surface area contributed by atoms with Crippen molar-refractivity contribution in [3.05, 3.63) is 109 Å². The van der Waals surface area contributed by atoms with Crippen LogP contribution in [0.1, 0.15) is 21.1 Å². The molecule has 0 atom stereocenters. The molecular weight excluding hydrogens is 771 g/mol. The third-order valence-electron chi connectivity index (χ3n) is 7.21. The van der Waals surface area contributed by atoms with E-state index >= 15 is 0 Å². The van der Waals surface area contributed by atoms with E-state index in [1.807, 2.05) is 32.0 Å². The van der Waals surface area contributed by atoms with Gasteiger partial charge < -0.3 is 5.32 Å². The van der Waals surface area contributed by atoms with Crippen LogP contribution >= 0.6 is 22.9 Å². The Morgan fingerprint density at radius 1 is 0.979 bits per heavy atom. The molecule has 0 aliphatic carbocycles. The summed E-state index contributed by atoms with van der Waals surface area (Å²) < 4.78 is 3.45. The van der Waals surface area contributed by atoms with Gasteiger partial charge in [0.1, 0.15) is 0 Å². The molecule has 14 nitrogen and oxygen atoms in total. The molecule has 2 amide bonds. The van der Waals surface area contributed by atoms with Gasteiger partial charge in [-0.25, -0.2) is 0 Å². The summed E-state index contributed by atoms with van der Waals surface area (Å²) in [4.78, 5) is 67.3. The fourth-order valence-electron chi connectivity index (χ4n) is 4.85. The van der Waals surface area contributed by atoms with Crippen molar-refractivity contribution in [2.45, 2.75) is 13.8 Å². The van der Waals surface area contributed by atoms with Crippen molar-refractivity contribution in [3.8, 4) is 5.69 Å². The molecule has 0 saturated carbocycles. The summed E-state index contributed by atoms with van der Waals surface area (Å²) in [7, 11) is 0. The van der Waals surface area contributed by atoms with E-state index in [9.17, 15) is 19.2 Å². The molecule has 1 aliphatic rings. The molecule has 17 heteroatoms. The standard InChI is InChI=1S/C31H29ClIN10O4S/c1-18-4-3-5-22(32)27(18)40-28(45)23-17-34-30(48-23)38-24-16-25(36-19(2)35-24)41-12-14-42(15-13-41)33-29(46)37-20-6-8-21(9-7-20)43-11-10-26(44)39-31(43)47/h3-11,16-17H,12-15H2,1-2H3,(H,37,46)(H,40,45)(H,39,44,47)(H,34,35,36,38)/q-1. The van der Waals surface area contributed by atoms with Gasteiger partial charge in [0.05, 0.1) is 10.7 Å². The Morgan fingerprint density at radius 3 is 2.48 bits per heavy atom. The zero-order valence-electron chi connectivity index (χ0n) is 25.7. The molecule has 248 valence electrons. The van der Waals surface area contributed by atoms with Crippen molar-refractivity contribution in [2.75, 3.05) is 47.0 Å². The molecule has 5 aromatic rings. The molecule has 1 saturated heterocycles. The molecule has 0 unspecified atom stereocenters. The second-order valence-corrected chi connectivity index (χ2v) is 14.9. The third kappa shape index (κ3) is 8.07. The average Bonchev–Trinajstić information content (AvgIpc) is 3.52. The number of carbonyl (C=O) groups excluding carboxylic acids is 2. The number of aromatic amines is 1. The van der Waals surface area contributed by atoms with Gasteiger partial charge >= 0.3 is 232 Å². The van der Waals surface area contributed by atoms with Gasteiger partial charge in [-0.05, 0) is 18.6 Å². The molecule has 2 aromatic carbocycles. The number of nitrogens with one attached hydrogen (secondary N) is 4. The van der Waals surface area contributed by atoms with Crippen LogP contribution in [-0.4, -0.2) is 63.6 Å². The van der Waals surface area contributed by atoms with E-state index in [1.54, 1.807) is 30.3 Å². The van der Waals surface area contributed by atoms with Crippen LogP contribution < -0.4 is 53.6 Å². The molecular formula is C31H29ClIN10O4S-. The van der Waals surface area contributed by atoms with Gasteiger partial charge in [-0.1, -0.05) is 23.7 Å². The molecule has 1 aliphatic heterocycles. The van der Waals surface area contributed by atoms with Gasteiger partial charge in [-0.15, -0.1) is 0 Å². The van der Waals surface area contributed by atoms with Crippen molar-refractivity contribution in [2.24, 2.45) is 0 Å². The Morgan fingerprint density at radius 2 is 1.75 bits per heavy atom. The van der Waals surface area contributed by atoms with Crippen LogP contribution in [0.3, 0.4) is 0 Å². The summed E-state index contributed by atoms with van der Waals surface area (Å²) >= 11 is 6.53. The van der Waals surface area contributed by atoms with Gasteiger partial charge in [0.15, 0.2) is 0 Å².